The van der Waals surface area contributed by atoms with Crippen LogP contribution in [0, 0.1) is 5.92 Å². The molecule has 1 aromatic heterocycles. The second-order valence-corrected chi connectivity index (χ2v) is 12.0. The monoisotopic (exact) mass is 457 g/mol. The third-order valence-corrected chi connectivity index (χ3v) is 8.71. The van der Waals surface area contributed by atoms with Crippen molar-refractivity contribution in [1.82, 2.24) is 4.98 Å². The lowest BCUT2D eigenvalue weighted by molar-refractivity contribution is 0.0822. The van der Waals surface area contributed by atoms with Crippen molar-refractivity contribution in [2.75, 3.05) is 24.6 Å². The largest absolute Gasteiger partial charge is 0.395 e. The number of nitrogens with zero attached hydrogens (tertiary/aromatic N) is 2. The SMILES string of the molecule is CC1(C)CCC(C)(C)c2cc(-c3csc(N4CCC(C[C@@H](O)[C@@H](N)CO)CC4)n3)ccc21. The van der Waals surface area contributed by atoms with Crippen molar-refractivity contribution < 1.29 is 10.2 Å². The molecule has 5 nitrogen and oxygen atoms in total. The van der Waals surface area contributed by atoms with E-state index in [4.69, 9.17) is 15.8 Å². The fraction of sp³-hybridized carbons (Fsp3) is 0.654. The Balaban J connectivity index is 1.45. The summed E-state index contributed by atoms with van der Waals surface area (Å²) in [5, 5.41) is 22.5. The Morgan fingerprint density at radius 3 is 2.44 bits per heavy atom. The number of benzene rings is 1. The van der Waals surface area contributed by atoms with Crippen LogP contribution in [0.2, 0.25) is 0 Å². The van der Waals surface area contributed by atoms with Crippen molar-refractivity contribution in [3.63, 3.8) is 0 Å². The summed E-state index contributed by atoms with van der Waals surface area (Å²) >= 11 is 1.72. The van der Waals surface area contributed by atoms with Crippen LogP contribution in [0.4, 0.5) is 5.13 Å². The van der Waals surface area contributed by atoms with E-state index in [-0.39, 0.29) is 17.4 Å². The fourth-order valence-electron chi connectivity index (χ4n) is 5.29. The van der Waals surface area contributed by atoms with Gasteiger partial charge in [-0.3, -0.25) is 0 Å². The minimum absolute atomic E-state index is 0.167. The number of hydrogen-bond donors (Lipinski definition) is 3. The highest BCUT2D eigenvalue weighted by atomic mass is 32.1. The first-order valence-electron chi connectivity index (χ1n) is 12.0. The molecule has 2 atom stereocenters. The number of aliphatic hydroxyl groups is 2. The number of piperidine rings is 1. The predicted octanol–water partition coefficient (Wildman–Crippen LogP) is 4.45. The molecule has 4 rings (SSSR count). The maximum absolute atomic E-state index is 10.1. The van der Waals surface area contributed by atoms with Gasteiger partial charge in [0, 0.05) is 24.0 Å². The van der Waals surface area contributed by atoms with E-state index in [1.807, 2.05) is 0 Å². The van der Waals surface area contributed by atoms with E-state index in [0.717, 1.165) is 36.8 Å². The summed E-state index contributed by atoms with van der Waals surface area (Å²) < 4.78 is 0. The van der Waals surface area contributed by atoms with Gasteiger partial charge < -0.3 is 20.8 Å². The van der Waals surface area contributed by atoms with E-state index in [9.17, 15) is 5.11 Å². The molecule has 4 N–H and O–H groups in total. The summed E-state index contributed by atoms with van der Waals surface area (Å²) in [4.78, 5) is 7.38. The Morgan fingerprint density at radius 2 is 1.78 bits per heavy atom. The zero-order valence-electron chi connectivity index (χ0n) is 20.0. The van der Waals surface area contributed by atoms with E-state index in [1.54, 1.807) is 11.3 Å². The molecule has 1 aliphatic heterocycles. The Bertz CT molecular complexity index is 931. The molecule has 176 valence electrons. The number of aliphatic hydroxyl groups excluding tert-OH is 2. The van der Waals surface area contributed by atoms with Gasteiger partial charge in [0.2, 0.25) is 0 Å². The van der Waals surface area contributed by atoms with Crippen molar-refractivity contribution >= 4 is 16.5 Å². The molecule has 2 aliphatic rings. The average molecular weight is 458 g/mol. The zero-order chi connectivity index (χ0) is 23.1. The van der Waals surface area contributed by atoms with Crippen molar-refractivity contribution in [2.45, 2.75) is 82.8 Å². The Kier molecular flexibility index (Phi) is 6.70. The molecule has 1 saturated heterocycles. The molecule has 0 amide bonds. The lowest BCUT2D eigenvalue weighted by Crippen LogP contribution is -2.41. The minimum Gasteiger partial charge on any atom is -0.395 e. The maximum atomic E-state index is 10.1. The molecule has 1 aromatic carbocycles. The van der Waals surface area contributed by atoms with Gasteiger partial charge in [0.15, 0.2) is 5.13 Å². The Morgan fingerprint density at radius 1 is 1.12 bits per heavy atom. The summed E-state index contributed by atoms with van der Waals surface area (Å²) in [5.74, 6) is 0.449. The highest BCUT2D eigenvalue weighted by Gasteiger charge is 2.37. The molecular formula is C26H39N3O2S. The molecule has 2 heterocycles. The zero-order valence-corrected chi connectivity index (χ0v) is 20.8. The Labute approximate surface area is 196 Å². The van der Waals surface area contributed by atoms with Crippen LogP contribution in [-0.4, -0.2) is 47.0 Å². The molecule has 0 radical (unpaired) electrons. The molecule has 2 aromatic rings. The van der Waals surface area contributed by atoms with E-state index in [0.29, 0.717) is 12.3 Å². The number of nitrogens with two attached hydrogens (primary N) is 1. The quantitative estimate of drug-likeness (QED) is 0.597. The normalized spacial score (nSPS) is 22.4. The van der Waals surface area contributed by atoms with Gasteiger partial charge in [0.25, 0.3) is 0 Å². The highest BCUT2D eigenvalue weighted by molar-refractivity contribution is 7.14. The van der Waals surface area contributed by atoms with Gasteiger partial charge in [0.1, 0.15) is 0 Å². The third kappa shape index (κ3) is 4.74. The van der Waals surface area contributed by atoms with Crippen LogP contribution in [-0.2, 0) is 10.8 Å². The summed E-state index contributed by atoms with van der Waals surface area (Å²) in [6.07, 6.45) is 4.53. The molecular weight excluding hydrogens is 418 g/mol. The fourth-order valence-corrected chi connectivity index (χ4v) is 6.18. The van der Waals surface area contributed by atoms with Gasteiger partial charge in [-0.25, -0.2) is 4.98 Å². The van der Waals surface area contributed by atoms with E-state index >= 15 is 0 Å². The lowest BCUT2D eigenvalue weighted by atomic mass is 9.63. The van der Waals surface area contributed by atoms with Crippen LogP contribution in [0.15, 0.2) is 23.6 Å². The number of hydrogen-bond acceptors (Lipinski definition) is 6. The van der Waals surface area contributed by atoms with Crippen LogP contribution in [0.3, 0.4) is 0 Å². The van der Waals surface area contributed by atoms with Crippen molar-refractivity contribution in [3.8, 4) is 11.3 Å². The summed E-state index contributed by atoms with van der Waals surface area (Å²) in [7, 11) is 0. The van der Waals surface area contributed by atoms with Crippen molar-refractivity contribution in [2.24, 2.45) is 11.7 Å². The summed E-state index contributed by atoms with van der Waals surface area (Å²) in [5.41, 5.74) is 11.4. The van der Waals surface area contributed by atoms with E-state index < -0.39 is 12.1 Å². The van der Waals surface area contributed by atoms with E-state index in [1.165, 1.54) is 29.5 Å². The first-order chi connectivity index (χ1) is 15.1. The lowest BCUT2D eigenvalue weighted by Gasteiger charge is -2.42. The maximum Gasteiger partial charge on any atom is 0.185 e. The highest BCUT2D eigenvalue weighted by Crippen LogP contribution is 2.47. The minimum atomic E-state index is -0.624. The van der Waals surface area contributed by atoms with Gasteiger partial charge >= 0.3 is 0 Å². The second-order valence-electron chi connectivity index (χ2n) is 11.1. The molecule has 0 spiro atoms. The third-order valence-electron chi connectivity index (χ3n) is 7.81. The number of anilines is 1. The van der Waals surface area contributed by atoms with Crippen molar-refractivity contribution in [1.29, 1.82) is 0 Å². The van der Waals surface area contributed by atoms with Crippen LogP contribution in [0.1, 0.15) is 70.9 Å². The molecule has 1 aliphatic carbocycles. The first-order valence-corrected chi connectivity index (χ1v) is 12.9. The predicted molar refractivity (Wildman–Crippen MR) is 133 cm³/mol. The second kappa shape index (κ2) is 9.05. The van der Waals surface area contributed by atoms with E-state index in [2.05, 4.69) is 56.2 Å². The molecule has 0 bridgehead atoms. The number of rotatable bonds is 6. The summed E-state index contributed by atoms with van der Waals surface area (Å²) in [6.45, 7) is 11.2. The number of aromatic nitrogens is 1. The smallest absolute Gasteiger partial charge is 0.185 e. The van der Waals surface area contributed by atoms with Crippen LogP contribution < -0.4 is 10.6 Å². The van der Waals surface area contributed by atoms with Gasteiger partial charge in [0.05, 0.1) is 24.4 Å². The standard InChI is InChI=1S/C26H39N3O2S/c1-25(2)9-10-26(3,4)20-14-18(5-6-19(20)25)22-16-32-24(28-22)29-11-7-17(8-12-29)13-23(31)21(27)15-30/h5-6,14,16-17,21,23,30-31H,7-13,15,27H2,1-4H3/t21-,23+/m0/s1. The Hall–Kier alpha value is -1.47. The molecule has 1 fully saturated rings. The van der Waals surface area contributed by atoms with Gasteiger partial charge in [-0.2, -0.15) is 0 Å². The van der Waals surface area contributed by atoms with Crippen LogP contribution in [0.5, 0.6) is 0 Å². The average Bonchev–Trinajstić information content (AvgIpc) is 3.27. The molecule has 0 unspecified atom stereocenters. The topological polar surface area (TPSA) is 82.6 Å². The van der Waals surface area contributed by atoms with Gasteiger partial charge in [-0.15, -0.1) is 11.3 Å². The van der Waals surface area contributed by atoms with Gasteiger partial charge in [-0.05, 0) is 66.0 Å². The van der Waals surface area contributed by atoms with Crippen LogP contribution >= 0.6 is 11.3 Å². The molecule has 6 heteroatoms. The van der Waals surface area contributed by atoms with Crippen molar-refractivity contribution in [3.05, 3.63) is 34.7 Å². The number of thiazole rings is 1. The summed E-state index contributed by atoms with van der Waals surface area (Å²) in [6, 6.07) is 6.42. The molecule has 32 heavy (non-hydrogen) atoms. The van der Waals surface area contributed by atoms with Gasteiger partial charge in [-0.1, -0.05) is 39.8 Å². The van der Waals surface area contributed by atoms with Crippen LogP contribution in [0.25, 0.3) is 11.3 Å². The first kappa shape index (κ1) is 23.7. The molecule has 0 saturated carbocycles. The number of fused-ring (bicyclic) bond motifs is 1.